The van der Waals surface area contributed by atoms with Crippen molar-refractivity contribution in [1.29, 1.82) is 0 Å². The molecule has 0 aliphatic carbocycles. The van der Waals surface area contributed by atoms with Crippen LogP contribution in [0.4, 0.5) is 0 Å². The minimum Gasteiger partial charge on any atom is -0.489 e. The van der Waals surface area contributed by atoms with Crippen LogP contribution in [0.25, 0.3) is 0 Å². The van der Waals surface area contributed by atoms with Crippen molar-refractivity contribution in [3.05, 3.63) is 40.4 Å². The second kappa shape index (κ2) is 6.06. The van der Waals surface area contributed by atoms with Gasteiger partial charge in [0.1, 0.15) is 12.4 Å². The Hall–Kier alpha value is -0.800. The molecule has 88 valence electrons. The van der Waals surface area contributed by atoms with Gasteiger partial charge in [-0.05, 0) is 37.1 Å². The fourth-order valence-electron chi connectivity index (χ4n) is 1.29. The van der Waals surface area contributed by atoms with E-state index in [1.165, 1.54) is 0 Å². The Kier molecular flexibility index (Phi) is 5.03. The summed E-state index contributed by atoms with van der Waals surface area (Å²) in [6.07, 6.45) is 0.935. The van der Waals surface area contributed by atoms with Crippen LogP contribution in [0.1, 0.15) is 31.9 Å². The van der Waals surface area contributed by atoms with Crippen molar-refractivity contribution in [2.45, 2.75) is 26.3 Å². The molecule has 0 fully saturated rings. The first-order chi connectivity index (χ1) is 7.54. The van der Waals surface area contributed by atoms with Crippen LogP contribution in [0.15, 0.2) is 34.8 Å². The zero-order valence-corrected chi connectivity index (χ0v) is 11.4. The molecule has 0 aromatic heterocycles. The van der Waals surface area contributed by atoms with Crippen molar-refractivity contribution in [3.63, 3.8) is 0 Å². The third kappa shape index (κ3) is 3.65. The van der Waals surface area contributed by atoms with E-state index in [9.17, 15) is 0 Å². The molecule has 1 aromatic rings. The SMILES string of the molecule is C=C(CC)COc1ccc(Br)cc1C(C)N. The fourth-order valence-corrected chi connectivity index (χ4v) is 1.67. The summed E-state index contributed by atoms with van der Waals surface area (Å²) in [4.78, 5) is 0. The maximum Gasteiger partial charge on any atom is 0.124 e. The summed E-state index contributed by atoms with van der Waals surface area (Å²) >= 11 is 3.43. The quantitative estimate of drug-likeness (QED) is 0.834. The molecule has 0 saturated heterocycles. The lowest BCUT2D eigenvalue weighted by Gasteiger charge is -2.14. The number of hydrogen-bond acceptors (Lipinski definition) is 2. The zero-order chi connectivity index (χ0) is 12.1. The molecule has 16 heavy (non-hydrogen) atoms. The summed E-state index contributed by atoms with van der Waals surface area (Å²) in [5.41, 5.74) is 7.99. The van der Waals surface area contributed by atoms with Crippen LogP contribution in [-0.4, -0.2) is 6.61 Å². The fraction of sp³-hybridized carbons (Fsp3) is 0.385. The largest absolute Gasteiger partial charge is 0.489 e. The minimum absolute atomic E-state index is 0.0395. The maximum absolute atomic E-state index is 5.90. The average molecular weight is 284 g/mol. The van der Waals surface area contributed by atoms with Crippen LogP contribution in [0.2, 0.25) is 0 Å². The van der Waals surface area contributed by atoms with Gasteiger partial charge in [-0.1, -0.05) is 29.4 Å². The summed E-state index contributed by atoms with van der Waals surface area (Å²) in [5, 5.41) is 0. The van der Waals surface area contributed by atoms with Crippen LogP contribution in [0.3, 0.4) is 0 Å². The number of hydrogen-bond donors (Lipinski definition) is 1. The number of halogens is 1. The maximum atomic E-state index is 5.90. The Labute approximate surface area is 106 Å². The number of benzene rings is 1. The molecule has 0 bridgehead atoms. The molecular formula is C13H18BrNO. The lowest BCUT2D eigenvalue weighted by atomic mass is 10.1. The van der Waals surface area contributed by atoms with E-state index >= 15 is 0 Å². The summed E-state index contributed by atoms with van der Waals surface area (Å²) < 4.78 is 6.72. The molecule has 0 spiro atoms. The van der Waals surface area contributed by atoms with Gasteiger partial charge in [-0.3, -0.25) is 0 Å². The van der Waals surface area contributed by atoms with Gasteiger partial charge in [0.15, 0.2) is 0 Å². The van der Waals surface area contributed by atoms with Gasteiger partial charge in [0.2, 0.25) is 0 Å². The average Bonchev–Trinajstić information content (AvgIpc) is 2.26. The Morgan fingerprint density at radius 3 is 2.81 bits per heavy atom. The molecule has 2 nitrogen and oxygen atoms in total. The molecule has 0 amide bonds. The third-order valence-corrected chi connectivity index (χ3v) is 2.89. The van der Waals surface area contributed by atoms with Crippen molar-refractivity contribution >= 4 is 15.9 Å². The van der Waals surface area contributed by atoms with Crippen molar-refractivity contribution < 1.29 is 4.74 Å². The Morgan fingerprint density at radius 1 is 1.56 bits per heavy atom. The van der Waals surface area contributed by atoms with Crippen molar-refractivity contribution in [2.24, 2.45) is 5.73 Å². The smallest absolute Gasteiger partial charge is 0.124 e. The van der Waals surface area contributed by atoms with E-state index < -0.39 is 0 Å². The standard InChI is InChI=1S/C13H18BrNO/c1-4-9(2)8-16-13-6-5-11(14)7-12(13)10(3)15/h5-7,10H,2,4,8,15H2,1,3H3. The first-order valence-corrected chi connectivity index (χ1v) is 6.18. The Bertz CT molecular complexity index is 374. The molecule has 0 aliphatic rings. The lowest BCUT2D eigenvalue weighted by Crippen LogP contribution is -2.09. The van der Waals surface area contributed by atoms with Gasteiger partial charge in [-0.2, -0.15) is 0 Å². The van der Waals surface area contributed by atoms with Gasteiger partial charge in [0.05, 0.1) is 0 Å². The summed E-state index contributed by atoms with van der Waals surface area (Å²) in [6.45, 7) is 8.49. The van der Waals surface area contributed by atoms with E-state index in [1.54, 1.807) is 0 Å². The molecule has 1 rings (SSSR count). The van der Waals surface area contributed by atoms with Crippen LogP contribution < -0.4 is 10.5 Å². The van der Waals surface area contributed by atoms with E-state index in [4.69, 9.17) is 10.5 Å². The minimum atomic E-state index is -0.0395. The van der Waals surface area contributed by atoms with Crippen molar-refractivity contribution in [3.8, 4) is 5.75 Å². The van der Waals surface area contributed by atoms with Gasteiger partial charge in [-0.25, -0.2) is 0 Å². The van der Waals surface area contributed by atoms with Crippen LogP contribution in [-0.2, 0) is 0 Å². The molecule has 1 aromatic carbocycles. The first kappa shape index (κ1) is 13.3. The second-order valence-electron chi connectivity index (χ2n) is 3.86. The lowest BCUT2D eigenvalue weighted by molar-refractivity contribution is 0.343. The van der Waals surface area contributed by atoms with E-state index in [0.29, 0.717) is 6.61 Å². The molecule has 0 radical (unpaired) electrons. The molecule has 3 heteroatoms. The highest BCUT2D eigenvalue weighted by Crippen LogP contribution is 2.27. The summed E-state index contributed by atoms with van der Waals surface area (Å²) in [6, 6.07) is 5.85. The Balaban J connectivity index is 2.82. The molecular weight excluding hydrogens is 266 g/mol. The second-order valence-corrected chi connectivity index (χ2v) is 4.78. The zero-order valence-electron chi connectivity index (χ0n) is 9.79. The molecule has 0 heterocycles. The topological polar surface area (TPSA) is 35.2 Å². The van der Waals surface area contributed by atoms with E-state index in [-0.39, 0.29) is 6.04 Å². The monoisotopic (exact) mass is 283 g/mol. The predicted molar refractivity (Wildman–Crippen MR) is 71.7 cm³/mol. The number of ether oxygens (including phenoxy) is 1. The van der Waals surface area contributed by atoms with Gasteiger partial charge in [-0.15, -0.1) is 0 Å². The van der Waals surface area contributed by atoms with Crippen LogP contribution in [0.5, 0.6) is 5.75 Å². The van der Waals surface area contributed by atoms with Crippen molar-refractivity contribution in [2.75, 3.05) is 6.61 Å². The molecule has 0 aliphatic heterocycles. The van der Waals surface area contributed by atoms with Gasteiger partial charge < -0.3 is 10.5 Å². The van der Waals surface area contributed by atoms with Gasteiger partial charge >= 0.3 is 0 Å². The molecule has 1 unspecified atom stereocenters. The number of nitrogens with two attached hydrogens (primary N) is 1. The normalized spacial score (nSPS) is 12.2. The predicted octanol–water partition coefficient (Wildman–Crippen LogP) is 3.81. The van der Waals surface area contributed by atoms with E-state index in [2.05, 4.69) is 29.4 Å². The highest BCUT2D eigenvalue weighted by atomic mass is 79.9. The Morgan fingerprint density at radius 2 is 2.25 bits per heavy atom. The molecule has 1 atom stereocenters. The van der Waals surface area contributed by atoms with Crippen LogP contribution in [0, 0.1) is 0 Å². The van der Waals surface area contributed by atoms with Crippen LogP contribution >= 0.6 is 15.9 Å². The van der Waals surface area contributed by atoms with Gasteiger partial charge in [0.25, 0.3) is 0 Å². The molecule has 0 saturated carbocycles. The molecule has 2 N–H and O–H groups in total. The van der Waals surface area contributed by atoms with Gasteiger partial charge in [0, 0.05) is 16.1 Å². The van der Waals surface area contributed by atoms with E-state index in [0.717, 1.165) is 27.8 Å². The summed E-state index contributed by atoms with van der Waals surface area (Å²) in [7, 11) is 0. The van der Waals surface area contributed by atoms with Crippen molar-refractivity contribution in [1.82, 2.24) is 0 Å². The number of rotatable bonds is 5. The summed E-state index contributed by atoms with van der Waals surface area (Å²) in [5.74, 6) is 0.841. The third-order valence-electron chi connectivity index (χ3n) is 2.39. The first-order valence-electron chi connectivity index (χ1n) is 5.39. The van der Waals surface area contributed by atoms with E-state index in [1.807, 2.05) is 25.1 Å². The highest BCUT2D eigenvalue weighted by Gasteiger charge is 2.08. The highest BCUT2D eigenvalue weighted by molar-refractivity contribution is 9.10.